The first kappa shape index (κ1) is 15.7. The summed E-state index contributed by atoms with van der Waals surface area (Å²) in [5.74, 6) is 1.71. The fourth-order valence-corrected chi connectivity index (χ4v) is 2.01. The predicted octanol–water partition coefficient (Wildman–Crippen LogP) is 4.56. The van der Waals surface area contributed by atoms with E-state index < -0.39 is 0 Å². The lowest BCUT2D eigenvalue weighted by atomic mass is 9.94. The minimum atomic E-state index is 0.190. The van der Waals surface area contributed by atoms with Crippen LogP contribution in [0.2, 0.25) is 0 Å². The van der Waals surface area contributed by atoms with Gasteiger partial charge in [0.05, 0.1) is 6.61 Å². The Kier molecular flexibility index (Phi) is 9.71. The van der Waals surface area contributed by atoms with Crippen molar-refractivity contribution in [2.45, 2.75) is 66.2 Å². The van der Waals surface area contributed by atoms with Gasteiger partial charge in [-0.05, 0) is 31.6 Å². The van der Waals surface area contributed by atoms with Crippen LogP contribution in [0.15, 0.2) is 11.6 Å². The molecule has 1 heteroatoms. The van der Waals surface area contributed by atoms with Crippen LogP contribution in [0.3, 0.4) is 0 Å². The monoisotopic (exact) mass is 226 g/mol. The van der Waals surface area contributed by atoms with Crippen LogP contribution in [0.25, 0.3) is 0 Å². The van der Waals surface area contributed by atoms with E-state index in [4.69, 9.17) is 5.11 Å². The highest BCUT2D eigenvalue weighted by Gasteiger charge is 2.03. The summed E-state index contributed by atoms with van der Waals surface area (Å²) < 4.78 is 0. The number of rotatable bonds is 9. The number of hydrogen-bond acceptors (Lipinski definition) is 1. The topological polar surface area (TPSA) is 20.2 Å². The lowest BCUT2D eigenvalue weighted by Gasteiger charge is -2.12. The fraction of sp³-hybridized carbons (Fsp3) is 0.867. The lowest BCUT2D eigenvalue weighted by molar-refractivity contribution is 0.341. The van der Waals surface area contributed by atoms with Gasteiger partial charge in [-0.25, -0.2) is 0 Å². The molecule has 0 bridgehead atoms. The Balaban J connectivity index is 3.43. The molecule has 16 heavy (non-hydrogen) atoms. The van der Waals surface area contributed by atoms with Gasteiger partial charge in [0, 0.05) is 0 Å². The standard InChI is InChI=1S/C15H30O/c1-13(2)7-5-8-14(3)9-6-10-15(4)11-12-16/h11,13-14,16H,5-10,12H2,1-4H3/b15-11+/t14-/m0/s1. The first-order chi connectivity index (χ1) is 7.56. The van der Waals surface area contributed by atoms with E-state index in [0.29, 0.717) is 0 Å². The number of aliphatic hydroxyl groups is 1. The Bertz CT molecular complexity index is 182. The van der Waals surface area contributed by atoms with Gasteiger partial charge in [0.15, 0.2) is 0 Å². The minimum Gasteiger partial charge on any atom is -0.392 e. The second kappa shape index (κ2) is 9.89. The fourth-order valence-electron chi connectivity index (χ4n) is 2.01. The second-order valence-electron chi connectivity index (χ2n) is 5.56. The van der Waals surface area contributed by atoms with E-state index in [1.54, 1.807) is 0 Å². The molecule has 0 aliphatic heterocycles. The average Bonchev–Trinajstić information content (AvgIpc) is 2.17. The van der Waals surface area contributed by atoms with Crippen molar-refractivity contribution in [3.05, 3.63) is 11.6 Å². The molecule has 1 atom stereocenters. The molecule has 0 unspecified atom stereocenters. The number of aliphatic hydroxyl groups excluding tert-OH is 1. The molecule has 1 N–H and O–H groups in total. The van der Waals surface area contributed by atoms with Crippen molar-refractivity contribution in [2.24, 2.45) is 11.8 Å². The summed E-state index contributed by atoms with van der Waals surface area (Å²) in [7, 11) is 0. The van der Waals surface area contributed by atoms with Gasteiger partial charge in [0.2, 0.25) is 0 Å². The van der Waals surface area contributed by atoms with Crippen LogP contribution in [0, 0.1) is 11.8 Å². The van der Waals surface area contributed by atoms with Crippen LogP contribution in [0.4, 0.5) is 0 Å². The third kappa shape index (κ3) is 10.2. The van der Waals surface area contributed by atoms with E-state index in [-0.39, 0.29) is 6.61 Å². The molecule has 0 radical (unpaired) electrons. The van der Waals surface area contributed by atoms with Crippen molar-refractivity contribution >= 4 is 0 Å². The SMILES string of the molecule is C/C(=C\CO)CCC[C@@H](C)CCCC(C)C. The summed E-state index contributed by atoms with van der Waals surface area (Å²) in [6, 6.07) is 0. The second-order valence-corrected chi connectivity index (χ2v) is 5.56. The van der Waals surface area contributed by atoms with Crippen molar-refractivity contribution in [3.63, 3.8) is 0 Å². The Morgan fingerprint density at radius 3 is 2.25 bits per heavy atom. The third-order valence-electron chi connectivity index (χ3n) is 3.19. The summed E-state index contributed by atoms with van der Waals surface area (Å²) in [6.07, 6.45) is 9.79. The molecule has 0 heterocycles. The lowest BCUT2D eigenvalue weighted by Crippen LogP contribution is -1.97. The number of allylic oxidation sites excluding steroid dienone is 1. The zero-order chi connectivity index (χ0) is 12.4. The van der Waals surface area contributed by atoms with E-state index in [1.807, 2.05) is 6.08 Å². The van der Waals surface area contributed by atoms with E-state index in [9.17, 15) is 0 Å². The molecule has 0 saturated carbocycles. The van der Waals surface area contributed by atoms with Crippen molar-refractivity contribution in [1.29, 1.82) is 0 Å². The molecule has 0 saturated heterocycles. The molecule has 0 fully saturated rings. The molecule has 0 aromatic carbocycles. The van der Waals surface area contributed by atoms with Gasteiger partial charge in [0.25, 0.3) is 0 Å². The highest BCUT2D eigenvalue weighted by atomic mass is 16.2. The van der Waals surface area contributed by atoms with Gasteiger partial charge in [0.1, 0.15) is 0 Å². The molecule has 0 rings (SSSR count). The maximum atomic E-state index is 8.74. The minimum absolute atomic E-state index is 0.190. The van der Waals surface area contributed by atoms with Crippen LogP contribution < -0.4 is 0 Å². The van der Waals surface area contributed by atoms with E-state index in [0.717, 1.165) is 18.3 Å². The van der Waals surface area contributed by atoms with Crippen LogP contribution in [-0.2, 0) is 0 Å². The zero-order valence-electron chi connectivity index (χ0n) is 11.6. The molecule has 0 aromatic rings. The summed E-state index contributed by atoms with van der Waals surface area (Å²) in [5.41, 5.74) is 1.33. The molecule has 0 aromatic heterocycles. The van der Waals surface area contributed by atoms with E-state index in [1.165, 1.54) is 37.7 Å². The van der Waals surface area contributed by atoms with Crippen molar-refractivity contribution in [3.8, 4) is 0 Å². The highest BCUT2D eigenvalue weighted by Crippen LogP contribution is 2.18. The molecular formula is C15H30O. The maximum absolute atomic E-state index is 8.74. The predicted molar refractivity (Wildman–Crippen MR) is 72.5 cm³/mol. The molecule has 96 valence electrons. The van der Waals surface area contributed by atoms with Crippen LogP contribution in [0.1, 0.15) is 66.2 Å². The average molecular weight is 226 g/mol. The van der Waals surface area contributed by atoms with Crippen molar-refractivity contribution in [2.75, 3.05) is 6.61 Å². The Labute approximate surface area is 102 Å². The molecule has 0 amide bonds. The Morgan fingerprint density at radius 2 is 1.69 bits per heavy atom. The quantitative estimate of drug-likeness (QED) is 0.571. The van der Waals surface area contributed by atoms with Gasteiger partial charge in [-0.3, -0.25) is 0 Å². The van der Waals surface area contributed by atoms with Gasteiger partial charge in [-0.1, -0.05) is 58.1 Å². The normalized spacial score (nSPS) is 14.5. The molecule has 0 aliphatic carbocycles. The van der Waals surface area contributed by atoms with Gasteiger partial charge in [-0.15, -0.1) is 0 Å². The first-order valence-corrected chi connectivity index (χ1v) is 6.82. The van der Waals surface area contributed by atoms with E-state index in [2.05, 4.69) is 27.7 Å². The van der Waals surface area contributed by atoms with Crippen LogP contribution >= 0.6 is 0 Å². The maximum Gasteiger partial charge on any atom is 0.0614 e. The number of hydrogen-bond donors (Lipinski definition) is 1. The Hall–Kier alpha value is -0.300. The third-order valence-corrected chi connectivity index (χ3v) is 3.19. The van der Waals surface area contributed by atoms with Gasteiger partial charge < -0.3 is 5.11 Å². The summed E-state index contributed by atoms with van der Waals surface area (Å²) >= 11 is 0. The highest BCUT2D eigenvalue weighted by molar-refractivity contribution is 4.97. The Morgan fingerprint density at radius 1 is 1.06 bits per heavy atom. The van der Waals surface area contributed by atoms with Crippen LogP contribution in [-0.4, -0.2) is 11.7 Å². The zero-order valence-corrected chi connectivity index (χ0v) is 11.6. The van der Waals surface area contributed by atoms with Crippen molar-refractivity contribution < 1.29 is 5.11 Å². The van der Waals surface area contributed by atoms with Crippen molar-refractivity contribution in [1.82, 2.24) is 0 Å². The first-order valence-electron chi connectivity index (χ1n) is 6.82. The van der Waals surface area contributed by atoms with E-state index >= 15 is 0 Å². The molecular weight excluding hydrogens is 196 g/mol. The van der Waals surface area contributed by atoms with Gasteiger partial charge >= 0.3 is 0 Å². The largest absolute Gasteiger partial charge is 0.392 e. The van der Waals surface area contributed by atoms with Gasteiger partial charge in [-0.2, -0.15) is 0 Å². The van der Waals surface area contributed by atoms with Crippen LogP contribution in [0.5, 0.6) is 0 Å². The molecule has 0 aliphatic rings. The summed E-state index contributed by atoms with van der Waals surface area (Å²) in [4.78, 5) is 0. The summed E-state index contributed by atoms with van der Waals surface area (Å²) in [6.45, 7) is 9.27. The molecule has 0 spiro atoms. The smallest absolute Gasteiger partial charge is 0.0614 e. The summed E-state index contributed by atoms with van der Waals surface area (Å²) in [5, 5.41) is 8.74. The molecule has 1 nitrogen and oxygen atoms in total.